The fraction of sp³-hybridized carbons (Fsp3) is 0.737. The van der Waals surface area contributed by atoms with E-state index in [2.05, 4.69) is 6.58 Å². The van der Waals surface area contributed by atoms with Gasteiger partial charge in [-0.05, 0) is 31.6 Å². The van der Waals surface area contributed by atoms with Crippen molar-refractivity contribution < 1.29 is 33.7 Å². The smallest absolute Gasteiger partial charge is 0.330 e. The molecule has 1 N–H and O–H groups in total. The van der Waals surface area contributed by atoms with Gasteiger partial charge in [0.15, 0.2) is 0 Å². The first-order chi connectivity index (χ1) is 12.5. The number of aliphatic hydroxyl groups is 1. The first-order valence-electron chi connectivity index (χ1n) is 9.40. The van der Waals surface area contributed by atoms with Crippen LogP contribution in [0.5, 0.6) is 0 Å². The average Bonchev–Trinajstić information content (AvgIpc) is 3.40. The van der Waals surface area contributed by atoms with Crippen molar-refractivity contribution in [2.24, 2.45) is 35.5 Å². The SMILES string of the molecule is C=CC(=O)OC1C2CC3C(=O)OC1C3C2.O=C1OC2C(O)C3CC1C2C3. The summed E-state index contributed by atoms with van der Waals surface area (Å²) in [5.41, 5.74) is 0. The van der Waals surface area contributed by atoms with E-state index in [0.29, 0.717) is 17.8 Å². The summed E-state index contributed by atoms with van der Waals surface area (Å²) >= 11 is 0. The van der Waals surface area contributed by atoms with E-state index < -0.39 is 5.97 Å². The molecule has 26 heavy (non-hydrogen) atoms. The molecule has 4 saturated carbocycles. The summed E-state index contributed by atoms with van der Waals surface area (Å²) in [5.74, 6) is 0.886. The van der Waals surface area contributed by atoms with Crippen LogP contribution in [0.1, 0.15) is 25.7 Å². The van der Waals surface area contributed by atoms with Crippen molar-refractivity contribution in [2.75, 3.05) is 0 Å². The quantitative estimate of drug-likeness (QED) is 0.436. The summed E-state index contributed by atoms with van der Waals surface area (Å²) in [6.45, 7) is 3.36. The Morgan fingerprint density at radius 3 is 2.19 bits per heavy atom. The van der Waals surface area contributed by atoms with Gasteiger partial charge in [-0.2, -0.15) is 0 Å². The summed E-state index contributed by atoms with van der Waals surface area (Å²) < 4.78 is 15.5. The largest absolute Gasteiger partial charge is 0.459 e. The molecule has 140 valence electrons. The van der Waals surface area contributed by atoms with Gasteiger partial charge in [0.05, 0.1) is 17.9 Å². The molecule has 7 heteroatoms. The van der Waals surface area contributed by atoms with Gasteiger partial charge in [-0.15, -0.1) is 0 Å². The molecule has 10 unspecified atom stereocenters. The summed E-state index contributed by atoms with van der Waals surface area (Å²) in [6, 6.07) is 0. The molecule has 2 aliphatic heterocycles. The normalized spacial score (nSPS) is 51.0. The number of ether oxygens (including phenoxy) is 3. The highest BCUT2D eigenvalue weighted by Gasteiger charge is 2.63. The van der Waals surface area contributed by atoms with Crippen molar-refractivity contribution in [1.29, 1.82) is 0 Å². The second-order valence-corrected chi connectivity index (χ2v) is 8.40. The fourth-order valence-electron chi connectivity index (χ4n) is 6.17. The molecule has 10 atom stereocenters. The number of aliphatic hydroxyl groups excluding tert-OH is 1. The number of hydrogen-bond donors (Lipinski definition) is 1. The Kier molecular flexibility index (Phi) is 3.48. The van der Waals surface area contributed by atoms with E-state index in [4.69, 9.17) is 14.2 Å². The van der Waals surface area contributed by atoms with Crippen molar-refractivity contribution in [3.8, 4) is 0 Å². The molecule has 0 aromatic rings. The number of hydrogen-bond acceptors (Lipinski definition) is 7. The molecule has 0 radical (unpaired) electrons. The monoisotopic (exact) mass is 362 g/mol. The minimum Gasteiger partial charge on any atom is -0.459 e. The molecule has 0 aromatic heterocycles. The van der Waals surface area contributed by atoms with Gasteiger partial charge in [-0.25, -0.2) is 4.79 Å². The molecule has 0 spiro atoms. The Bertz CT molecular complexity index is 687. The van der Waals surface area contributed by atoms with Crippen LogP contribution in [-0.2, 0) is 28.6 Å². The van der Waals surface area contributed by atoms with Crippen LogP contribution in [0, 0.1) is 35.5 Å². The fourth-order valence-corrected chi connectivity index (χ4v) is 6.17. The van der Waals surface area contributed by atoms with Crippen LogP contribution in [-0.4, -0.2) is 47.4 Å². The van der Waals surface area contributed by atoms with Crippen LogP contribution in [0.4, 0.5) is 0 Å². The Hall–Kier alpha value is -1.89. The standard InChI is InChI=1S/C11H12O4.C8H10O3/c1-2-8(12)14-9-5-3-6-7(4-5)11(13)15-10(6)9;9-6-3-1-4-5(2-3)8(10)11-7(4)6/h2,5-7,9-10H,1,3-4H2;3-7,9H,1-2H2. The third-order valence-electron chi connectivity index (χ3n) is 7.28. The maximum Gasteiger partial charge on any atom is 0.330 e. The van der Waals surface area contributed by atoms with E-state index in [1.165, 1.54) is 0 Å². The zero-order chi connectivity index (χ0) is 18.2. The summed E-state index contributed by atoms with van der Waals surface area (Å²) in [6.07, 6.45) is 3.86. The average molecular weight is 362 g/mol. The molecular weight excluding hydrogens is 340 g/mol. The third kappa shape index (κ3) is 2.12. The molecule has 4 aliphatic carbocycles. The molecular formula is C19H22O7. The van der Waals surface area contributed by atoms with Gasteiger partial charge in [-0.1, -0.05) is 6.58 Å². The first-order valence-corrected chi connectivity index (χ1v) is 9.40. The number of rotatable bonds is 2. The summed E-state index contributed by atoms with van der Waals surface area (Å²) in [4.78, 5) is 33.6. The first kappa shape index (κ1) is 16.3. The Morgan fingerprint density at radius 2 is 1.58 bits per heavy atom. The van der Waals surface area contributed by atoms with Gasteiger partial charge in [-0.3, -0.25) is 9.59 Å². The minimum absolute atomic E-state index is 0.0682. The number of esters is 3. The van der Waals surface area contributed by atoms with E-state index in [-0.39, 0.29) is 54.1 Å². The maximum atomic E-state index is 11.4. The maximum absolute atomic E-state index is 11.4. The number of carbonyl (C=O) groups excluding carboxylic acids is 3. The minimum atomic E-state index is -0.424. The summed E-state index contributed by atoms with van der Waals surface area (Å²) in [5, 5.41) is 9.55. The van der Waals surface area contributed by atoms with Crippen molar-refractivity contribution in [3.63, 3.8) is 0 Å². The number of carbonyl (C=O) groups is 3. The van der Waals surface area contributed by atoms with E-state index in [9.17, 15) is 19.5 Å². The molecule has 0 amide bonds. The number of fused-ring (bicyclic) bond motifs is 2. The predicted molar refractivity (Wildman–Crippen MR) is 85.3 cm³/mol. The highest BCUT2D eigenvalue weighted by atomic mass is 16.6. The topological polar surface area (TPSA) is 99.1 Å². The third-order valence-corrected chi connectivity index (χ3v) is 7.28. The van der Waals surface area contributed by atoms with Crippen LogP contribution >= 0.6 is 0 Å². The zero-order valence-corrected chi connectivity index (χ0v) is 14.3. The van der Waals surface area contributed by atoms with Crippen LogP contribution in [0.3, 0.4) is 0 Å². The molecule has 6 fully saturated rings. The summed E-state index contributed by atoms with van der Waals surface area (Å²) in [7, 11) is 0. The second-order valence-electron chi connectivity index (χ2n) is 8.40. The molecule has 0 aromatic carbocycles. The van der Waals surface area contributed by atoms with Gasteiger partial charge >= 0.3 is 17.9 Å². The second kappa shape index (κ2) is 5.55. The Labute approximate surface area is 150 Å². The van der Waals surface area contributed by atoms with E-state index >= 15 is 0 Å². The van der Waals surface area contributed by atoms with Crippen LogP contribution in [0.2, 0.25) is 0 Å². The van der Waals surface area contributed by atoms with E-state index in [1.54, 1.807) is 0 Å². The highest BCUT2D eigenvalue weighted by molar-refractivity contribution is 5.82. The lowest BCUT2D eigenvalue weighted by atomic mass is 9.88. The van der Waals surface area contributed by atoms with Crippen molar-refractivity contribution in [3.05, 3.63) is 12.7 Å². The van der Waals surface area contributed by atoms with Crippen LogP contribution in [0.15, 0.2) is 12.7 Å². The molecule has 2 heterocycles. The lowest BCUT2D eigenvalue weighted by molar-refractivity contribution is -0.157. The lowest BCUT2D eigenvalue weighted by Crippen LogP contribution is -2.35. The van der Waals surface area contributed by atoms with Gasteiger partial charge < -0.3 is 19.3 Å². The van der Waals surface area contributed by atoms with Crippen molar-refractivity contribution >= 4 is 17.9 Å². The van der Waals surface area contributed by atoms with Gasteiger partial charge in [0, 0.05) is 23.8 Å². The molecule has 4 bridgehead atoms. The predicted octanol–water partition coefficient (Wildman–Crippen LogP) is 0.594. The van der Waals surface area contributed by atoms with Crippen LogP contribution in [0.25, 0.3) is 0 Å². The molecule has 2 saturated heterocycles. The van der Waals surface area contributed by atoms with Crippen LogP contribution < -0.4 is 0 Å². The van der Waals surface area contributed by atoms with Gasteiger partial charge in [0.25, 0.3) is 0 Å². The van der Waals surface area contributed by atoms with E-state index in [0.717, 1.165) is 31.8 Å². The lowest BCUT2D eigenvalue weighted by Gasteiger charge is -2.24. The molecule has 6 aliphatic rings. The highest BCUT2D eigenvalue weighted by Crippen LogP contribution is 2.55. The molecule has 7 nitrogen and oxygen atoms in total. The molecule has 6 rings (SSSR count). The Balaban J connectivity index is 0.000000121. The van der Waals surface area contributed by atoms with Crippen molar-refractivity contribution in [2.45, 2.75) is 50.1 Å². The zero-order valence-electron chi connectivity index (χ0n) is 14.3. The Morgan fingerprint density at radius 1 is 1.00 bits per heavy atom. The van der Waals surface area contributed by atoms with Crippen molar-refractivity contribution in [1.82, 2.24) is 0 Å². The van der Waals surface area contributed by atoms with E-state index in [1.807, 2.05) is 0 Å². The van der Waals surface area contributed by atoms with Gasteiger partial charge in [0.2, 0.25) is 0 Å². The van der Waals surface area contributed by atoms with Gasteiger partial charge in [0.1, 0.15) is 18.3 Å².